The quantitative estimate of drug-likeness (QED) is 0.0163. The summed E-state index contributed by atoms with van der Waals surface area (Å²) in [7, 11) is -4.97. The number of nitro groups is 3. The summed E-state index contributed by atoms with van der Waals surface area (Å²) >= 11 is 0.260. The van der Waals surface area contributed by atoms with Gasteiger partial charge in [0.2, 0.25) is 5.69 Å². The van der Waals surface area contributed by atoms with Gasteiger partial charge in [0.15, 0.2) is 22.9 Å². The maximum atomic E-state index is 12.2. The number of rotatable bonds is 13. The molecule has 0 saturated carbocycles. The minimum absolute atomic E-state index is 0.0659. The number of phenolic OH excluding ortho intramolecular Hbond substituents is 4. The van der Waals surface area contributed by atoms with Crippen LogP contribution in [-0.4, -0.2) is 53.4 Å². The van der Waals surface area contributed by atoms with Crippen molar-refractivity contribution < 1.29 is 62.8 Å². The summed E-state index contributed by atoms with van der Waals surface area (Å²) in [6.45, 7) is 0. The van der Waals surface area contributed by atoms with Crippen LogP contribution in [0.2, 0.25) is 0 Å². The van der Waals surface area contributed by atoms with Gasteiger partial charge in [-0.05, 0) is 47.9 Å². The molecule has 0 aliphatic rings. The zero-order chi connectivity index (χ0) is 40.2. The largest absolute Gasteiger partial charge is 0.505 e. The molecule has 0 aliphatic carbocycles. The molecular formula is C28H17N9O16S2. The number of azo groups is 3. The molecule has 0 spiro atoms. The standard InChI is InChI=1S/C28H17N9O16S2/c38-20-6-5-17(27(40)25(20)33-32-24-19(37(46)47)9-15(36(44)45)10-21(24)39)30-31-18-11-16(55(49,50)51)7-12-8-22(54-53-52-48)26(28(41)23(12)18)34-29-13-1-3-14(4-2-13)35(42)43/h1-11,38-41,48H,(H,49,50,51). The summed E-state index contributed by atoms with van der Waals surface area (Å²) in [5.74, 6) is -3.61. The van der Waals surface area contributed by atoms with E-state index >= 15 is 0 Å². The number of phenols is 4. The average Bonchev–Trinajstić information content (AvgIpc) is 3.12. The zero-order valence-corrected chi connectivity index (χ0v) is 28.1. The highest BCUT2D eigenvalue weighted by atomic mass is 32.2. The molecule has 5 rings (SSSR count). The highest BCUT2D eigenvalue weighted by Gasteiger charge is 2.26. The molecule has 0 fully saturated rings. The molecule has 55 heavy (non-hydrogen) atoms. The van der Waals surface area contributed by atoms with Gasteiger partial charge in [-0.25, -0.2) is 5.26 Å². The Hall–Kier alpha value is -7.30. The van der Waals surface area contributed by atoms with Gasteiger partial charge in [0.25, 0.3) is 21.5 Å². The monoisotopic (exact) mass is 799 g/mol. The number of fused-ring (bicyclic) bond motifs is 1. The number of non-ortho nitro benzene ring substituents is 2. The minimum Gasteiger partial charge on any atom is -0.505 e. The van der Waals surface area contributed by atoms with E-state index in [2.05, 4.69) is 40.1 Å². The highest BCUT2D eigenvalue weighted by molar-refractivity contribution is 7.94. The van der Waals surface area contributed by atoms with E-state index in [4.69, 9.17) is 5.26 Å². The second-order valence-corrected chi connectivity index (χ2v) is 12.5. The van der Waals surface area contributed by atoms with Crippen LogP contribution in [0, 0.1) is 30.3 Å². The van der Waals surface area contributed by atoms with Gasteiger partial charge < -0.3 is 20.4 Å². The van der Waals surface area contributed by atoms with Crippen LogP contribution in [0.3, 0.4) is 0 Å². The van der Waals surface area contributed by atoms with Crippen molar-refractivity contribution in [3.8, 4) is 23.0 Å². The third kappa shape index (κ3) is 8.51. The van der Waals surface area contributed by atoms with Crippen LogP contribution in [0.4, 0.5) is 51.2 Å². The molecule has 0 radical (unpaired) electrons. The molecule has 282 valence electrons. The lowest BCUT2D eigenvalue weighted by atomic mass is 10.1. The van der Waals surface area contributed by atoms with E-state index in [1.54, 1.807) is 0 Å². The van der Waals surface area contributed by atoms with E-state index in [0.717, 1.165) is 42.5 Å². The Bertz CT molecular complexity index is 2600. The molecule has 5 aromatic rings. The number of aromatic hydroxyl groups is 4. The Morgan fingerprint density at radius 1 is 0.636 bits per heavy atom. The van der Waals surface area contributed by atoms with Gasteiger partial charge in [-0.15, -0.1) is 29.9 Å². The van der Waals surface area contributed by atoms with Crippen molar-refractivity contribution >= 4 is 84.1 Å². The van der Waals surface area contributed by atoms with Gasteiger partial charge in [0, 0.05) is 12.1 Å². The van der Waals surface area contributed by atoms with Crippen LogP contribution in [0.1, 0.15) is 0 Å². The Balaban J connectivity index is 1.64. The smallest absolute Gasteiger partial charge is 0.307 e. The zero-order valence-electron chi connectivity index (χ0n) is 26.5. The maximum Gasteiger partial charge on any atom is 0.307 e. The predicted molar refractivity (Wildman–Crippen MR) is 183 cm³/mol. The first kappa shape index (κ1) is 38.9. The number of hydrogen-bond donors (Lipinski definition) is 6. The molecule has 0 heterocycles. The first-order valence-corrected chi connectivity index (χ1v) is 16.3. The molecule has 0 saturated heterocycles. The van der Waals surface area contributed by atoms with Gasteiger partial charge in [-0.2, -0.15) is 13.5 Å². The van der Waals surface area contributed by atoms with Crippen molar-refractivity contribution in [3.63, 3.8) is 0 Å². The van der Waals surface area contributed by atoms with Crippen LogP contribution < -0.4 is 0 Å². The van der Waals surface area contributed by atoms with E-state index in [9.17, 15) is 63.7 Å². The Morgan fingerprint density at radius 3 is 1.89 bits per heavy atom. The van der Waals surface area contributed by atoms with Crippen LogP contribution in [0.25, 0.3) is 10.8 Å². The normalized spacial score (nSPS) is 12.0. The third-order valence-corrected chi connectivity index (χ3v) is 8.42. The van der Waals surface area contributed by atoms with E-state index in [-0.39, 0.29) is 39.1 Å². The van der Waals surface area contributed by atoms with Gasteiger partial charge in [0.1, 0.15) is 17.1 Å². The fourth-order valence-electron chi connectivity index (χ4n) is 4.51. The summed E-state index contributed by atoms with van der Waals surface area (Å²) < 4.78 is 38.6. The van der Waals surface area contributed by atoms with E-state index in [1.165, 1.54) is 12.1 Å². The van der Waals surface area contributed by atoms with Crippen molar-refractivity contribution in [3.05, 3.63) is 97.1 Å². The average molecular weight is 800 g/mol. The molecule has 6 N–H and O–H groups in total. The molecule has 5 aromatic carbocycles. The summed E-state index contributed by atoms with van der Waals surface area (Å²) in [5.41, 5.74) is -5.24. The van der Waals surface area contributed by atoms with E-state index in [0.29, 0.717) is 12.1 Å². The van der Waals surface area contributed by atoms with E-state index in [1.807, 2.05) is 0 Å². The van der Waals surface area contributed by atoms with Crippen molar-refractivity contribution in [2.45, 2.75) is 9.79 Å². The van der Waals surface area contributed by atoms with Crippen LogP contribution in [0.5, 0.6) is 23.0 Å². The second-order valence-electron chi connectivity index (χ2n) is 10.3. The van der Waals surface area contributed by atoms with Crippen LogP contribution in [0.15, 0.2) is 107 Å². The summed E-state index contributed by atoms with van der Waals surface area (Å²) in [6.07, 6.45) is 0. The maximum absolute atomic E-state index is 12.2. The van der Waals surface area contributed by atoms with Gasteiger partial charge in [-0.1, -0.05) is 5.04 Å². The summed E-state index contributed by atoms with van der Waals surface area (Å²) in [4.78, 5) is 29.8. The highest BCUT2D eigenvalue weighted by Crippen LogP contribution is 2.50. The molecule has 25 nitrogen and oxygen atoms in total. The van der Waals surface area contributed by atoms with Crippen molar-refractivity contribution in [1.82, 2.24) is 0 Å². The lowest BCUT2D eigenvalue weighted by Crippen LogP contribution is -1.98. The van der Waals surface area contributed by atoms with Crippen molar-refractivity contribution in [1.29, 1.82) is 0 Å². The van der Waals surface area contributed by atoms with Crippen molar-refractivity contribution in [2.75, 3.05) is 0 Å². The minimum atomic E-state index is -4.97. The molecule has 27 heteroatoms. The van der Waals surface area contributed by atoms with Crippen LogP contribution >= 0.6 is 12.0 Å². The topological polar surface area (TPSA) is 378 Å². The molecule has 0 unspecified atom stereocenters. The second kappa shape index (κ2) is 15.7. The fourth-order valence-corrected chi connectivity index (χ4v) is 5.54. The molecular weight excluding hydrogens is 782 g/mol. The molecule has 0 amide bonds. The Labute approximate surface area is 307 Å². The lowest BCUT2D eigenvalue weighted by molar-refractivity contribution is -0.432. The first-order valence-electron chi connectivity index (χ1n) is 14.2. The summed E-state index contributed by atoms with van der Waals surface area (Å²) in [6, 6.07) is 10.4. The Kier molecular flexibility index (Phi) is 11.1. The number of benzene rings is 5. The van der Waals surface area contributed by atoms with E-state index < -0.39 is 92.6 Å². The summed E-state index contributed by atoms with van der Waals surface area (Å²) in [5, 5.41) is 111. The van der Waals surface area contributed by atoms with Gasteiger partial charge >= 0.3 is 5.69 Å². The fraction of sp³-hybridized carbons (Fsp3) is 0. The van der Waals surface area contributed by atoms with Crippen molar-refractivity contribution in [2.24, 2.45) is 30.7 Å². The molecule has 0 aliphatic heterocycles. The predicted octanol–water partition coefficient (Wildman–Crippen LogP) is 8.31. The van der Waals surface area contributed by atoms with Crippen LogP contribution in [-0.2, 0) is 19.5 Å². The van der Waals surface area contributed by atoms with Gasteiger partial charge in [0.05, 0.1) is 65.5 Å². The lowest BCUT2D eigenvalue weighted by Gasteiger charge is -2.12. The number of nitrogens with zero attached hydrogens (tertiary/aromatic N) is 9. The number of hydrogen-bond acceptors (Lipinski definition) is 22. The molecule has 0 aromatic heterocycles. The molecule has 0 bridgehead atoms. The number of nitro benzene ring substituents is 3. The Morgan fingerprint density at radius 2 is 1.27 bits per heavy atom. The molecule has 0 atom stereocenters. The van der Waals surface area contributed by atoms with Gasteiger partial charge in [-0.3, -0.25) is 34.9 Å². The third-order valence-electron chi connectivity index (χ3n) is 6.97. The first-order chi connectivity index (χ1) is 26.0. The SMILES string of the molecule is O=[N+]([O-])c1ccc(N=Nc2c(SOOO)cc3cc(S(=O)(=O)O)cc(N=Nc4ccc(O)c(N=Nc5c(O)cc([N+](=O)[O-])cc5[N+](=O)[O-])c4O)c3c2O)cc1.